The molecule has 0 N–H and O–H groups in total. The van der Waals surface area contributed by atoms with Gasteiger partial charge in [0.05, 0.1) is 0 Å². The summed E-state index contributed by atoms with van der Waals surface area (Å²) in [5.74, 6) is 0. The van der Waals surface area contributed by atoms with E-state index < -0.39 is 22.4 Å². The molecule has 0 aromatic rings. The van der Waals surface area contributed by atoms with E-state index in [1.807, 2.05) is 0 Å². The van der Waals surface area contributed by atoms with Crippen LogP contribution in [0.4, 0.5) is 0 Å². The van der Waals surface area contributed by atoms with Crippen molar-refractivity contribution in [2.24, 2.45) is 0 Å². The topological polar surface area (TPSA) is 0 Å². The van der Waals surface area contributed by atoms with E-state index in [2.05, 4.69) is 29.7 Å². The third-order valence-corrected chi connectivity index (χ3v) is 0. The maximum atomic E-state index is 3.23. The van der Waals surface area contributed by atoms with E-state index in [1.165, 1.54) is 0 Å². The summed E-state index contributed by atoms with van der Waals surface area (Å²) in [6.45, 7) is 0. The predicted octanol–water partition coefficient (Wildman–Crippen LogP) is 2.54. The van der Waals surface area contributed by atoms with Crippen molar-refractivity contribution in [1.82, 2.24) is 0 Å². The number of hydrogen-bond donors (Lipinski definition) is 0. The first-order chi connectivity index (χ1) is 1.73. The SMILES string of the molecule is [Br][Tm]([Br])[Br]. The van der Waals surface area contributed by atoms with Crippen molar-refractivity contribution in [1.29, 1.82) is 0 Å². The van der Waals surface area contributed by atoms with Gasteiger partial charge in [-0.15, -0.1) is 0 Å². The molecule has 4 heavy (non-hydrogen) atoms. The molecule has 0 radical (unpaired) electrons. The van der Waals surface area contributed by atoms with Gasteiger partial charge in [-0.1, -0.05) is 0 Å². The molecule has 0 unspecified atom stereocenters. The van der Waals surface area contributed by atoms with Crippen LogP contribution in [0.5, 0.6) is 0 Å². The minimum atomic E-state index is -0.637. The first kappa shape index (κ1) is 6.67. The number of rotatable bonds is 0. The Hall–Kier alpha value is 2.67. The minimum absolute atomic E-state index is 0.637. The molecule has 0 fully saturated rings. The second-order valence-electron chi connectivity index (χ2n) is 0.119. The maximum absolute atomic E-state index is 3.23. The normalized spacial score (nSPS) is 11.2. The zero-order valence-corrected chi connectivity index (χ0v) is 7.95. The van der Waals surface area contributed by atoms with Gasteiger partial charge in [0.15, 0.2) is 0 Å². The van der Waals surface area contributed by atoms with E-state index >= 15 is 0 Å². The molecule has 0 bridgehead atoms. The van der Waals surface area contributed by atoms with Gasteiger partial charge in [0.25, 0.3) is 0 Å². The van der Waals surface area contributed by atoms with Crippen molar-refractivity contribution < 1.29 is 22.4 Å². The molecule has 0 saturated carbocycles. The Labute approximate surface area is 50.5 Å². The van der Waals surface area contributed by atoms with Crippen LogP contribution in [0.2, 0.25) is 0 Å². The van der Waals surface area contributed by atoms with Crippen LogP contribution in [-0.4, -0.2) is 0 Å². The molecule has 0 aliphatic heterocycles. The Morgan fingerprint density at radius 2 is 1.00 bits per heavy atom. The van der Waals surface area contributed by atoms with E-state index in [0.29, 0.717) is 0 Å². The molecule has 0 nitrogen and oxygen atoms in total. The van der Waals surface area contributed by atoms with E-state index in [4.69, 9.17) is 0 Å². The molecule has 0 atom stereocenters. The summed E-state index contributed by atoms with van der Waals surface area (Å²) in [4.78, 5) is 0. The molecule has 0 amide bonds. The molecule has 0 aromatic heterocycles. The molecule has 0 aliphatic carbocycles. The van der Waals surface area contributed by atoms with Crippen molar-refractivity contribution in [3.8, 4) is 0 Å². The third-order valence-electron chi connectivity index (χ3n) is 0. The van der Waals surface area contributed by atoms with Crippen LogP contribution >= 0.6 is 29.7 Å². The summed E-state index contributed by atoms with van der Waals surface area (Å²) in [5, 5.41) is 0. The standard InChI is InChI=1S/3BrH.Tm/h3*1H;/q;;;+3/p-3. The van der Waals surface area contributed by atoms with Gasteiger partial charge >= 0.3 is 52.1 Å². The number of halogens is 3. The summed E-state index contributed by atoms with van der Waals surface area (Å²) in [7, 11) is 9.70. The third kappa shape index (κ3) is 8.82. The van der Waals surface area contributed by atoms with E-state index in [0.717, 1.165) is 0 Å². The van der Waals surface area contributed by atoms with Gasteiger partial charge in [-0.3, -0.25) is 0 Å². The summed E-state index contributed by atoms with van der Waals surface area (Å²) in [6.07, 6.45) is 0. The van der Waals surface area contributed by atoms with Crippen LogP contribution in [0.1, 0.15) is 0 Å². The fourth-order valence-corrected chi connectivity index (χ4v) is 0. The summed E-state index contributed by atoms with van der Waals surface area (Å²) in [6, 6.07) is 0. The van der Waals surface area contributed by atoms with Crippen molar-refractivity contribution in [3.63, 3.8) is 0 Å². The van der Waals surface area contributed by atoms with Crippen molar-refractivity contribution in [3.05, 3.63) is 0 Å². The predicted molar refractivity (Wildman–Crippen MR) is 26.8 cm³/mol. The van der Waals surface area contributed by atoms with Gasteiger partial charge in [0.2, 0.25) is 0 Å². The average Bonchev–Trinajstić information content (AvgIpc) is 0.811. The van der Waals surface area contributed by atoms with Crippen LogP contribution in [0, 0.1) is 22.4 Å². The molecule has 0 heterocycles. The van der Waals surface area contributed by atoms with Crippen molar-refractivity contribution in [2.45, 2.75) is 0 Å². The van der Waals surface area contributed by atoms with E-state index in [9.17, 15) is 0 Å². The van der Waals surface area contributed by atoms with Crippen LogP contribution in [0.25, 0.3) is 0 Å². The molecule has 0 aromatic carbocycles. The molecule has 34 valence electrons. The second-order valence-corrected chi connectivity index (χ2v) is 23.8. The fraction of sp³-hybridized carbons (Fsp3) is 0. The van der Waals surface area contributed by atoms with Gasteiger partial charge in [-0.2, -0.15) is 0 Å². The summed E-state index contributed by atoms with van der Waals surface area (Å²) >= 11 is -0.637. The molecule has 0 spiro atoms. The van der Waals surface area contributed by atoms with Gasteiger partial charge in [0.1, 0.15) is 0 Å². The quantitative estimate of drug-likeness (QED) is 0.578. The van der Waals surface area contributed by atoms with Crippen molar-refractivity contribution in [2.75, 3.05) is 0 Å². The van der Waals surface area contributed by atoms with Crippen LogP contribution in [-0.2, 0) is 0 Å². The average molecular weight is 409 g/mol. The van der Waals surface area contributed by atoms with Crippen LogP contribution < -0.4 is 0 Å². The fourth-order valence-electron chi connectivity index (χ4n) is 0. The Bertz CT molecular complexity index is 8.00. The second kappa shape index (κ2) is 3.85. The van der Waals surface area contributed by atoms with Crippen LogP contribution in [0.3, 0.4) is 0 Å². The van der Waals surface area contributed by atoms with Gasteiger partial charge < -0.3 is 0 Å². The van der Waals surface area contributed by atoms with E-state index in [-0.39, 0.29) is 0 Å². The van der Waals surface area contributed by atoms with Crippen LogP contribution in [0.15, 0.2) is 0 Å². The summed E-state index contributed by atoms with van der Waals surface area (Å²) < 4.78 is 0. The zero-order valence-electron chi connectivity index (χ0n) is 1.41. The first-order valence-corrected chi connectivity index (χ1v) is 12.1. The Balaban J connectivity index is 2.32. The molecule has 0 rings (SSSR count). The van der Waals surface area contributed by atoms with Crippen molar-refractivity contribution >= 4 is 29.7 Å². The Morgan fingerprint density at radius 1 is 1.00 bits per heavy atom. The molecule has 0 aliphatic rings. The molecular formula is Br3Tm. The van der Waals surface area contributed by atoms with E-state index in [1.54, 1.807) is 0 Å². The number of hydrogen-bond acceptors (Lipinski definition) is 0. The van der Waals surface area contributed by atoms with Gasteiger partial charge in [-0.05, 0) is 0 Å². The zero-order chi connectivity index (χ0) is 3.58. The van der Waals surface area contributed by atoms with Gasteiger partial charge in [0, 0.05) is 0 Å². The first-order valence-electron chi connectivity index (χ1n) is 0.314. The Morgan fingerprint density at radius 3 is 1.00 bits per heavy atom. The molecular weight excluding hydrogens is 409 g/mol. The molecule has 0 saturated heterocycles. The van der Waals surface area contributed by atoms with Gasteiger partial charge in [-0.25, -0.2) is 0 Å². The molecule has 4 heteroatoms. The monoisotopic (exact) mass is 406 g/mol. The Kier molecular flexibility index (Phi) is 6.42. The summed E-state index contributed by atoms with van der Waals surface area (Å²) in [5.41, 5.74) is 0.